The number of hydrogen-bond donors (Lipinski definition) is 1. The summed E-state index contributed by atoms with van der Waals surface area (Å²) in [6, 6.07) is 0.173. The number of carbonyl (C=O) groups is 1. The Bertz CT molecular complexity index is 293. The Morgan fingerprint density at radius 3 is 2.67 bits per heavy atom. The minimum absolute atomic E-state index is 0. The van der Waals surface area contributed by atoms with Gasteiger partial charge in [-0.25, -0.2) is 0 Å². The van der Waals surface area contributed by atoms with E-state index in [4.69, 9.17) is 4.74 Å². The van der Waals surface area contributed by atoms with Gasteiger partial charge >= 0.3 is 0 Å². The van der Waals surface area contributed by atoms with Gasteiger partial charge < -0.3 is 15.0 Å². The summed E-state index contributed by atoms with van der Waals surface area (Å²) in [5.74, 6) is 0.588. The molecule has 2 atom stereocenters. The summed E-state index contributed by atoms with van der Waals surface area (Å²) in [7, 11) is 3.58. The van der Waals surface area contributed by atoms with Gasteiger partial charge in [-0.2, -0.15) is 0 Å². The Morgan fingerprint density at radius 2 is 2.11 bits per heavy atom. The van der Waals surface area contributed by atoms with Gasteiger partial charge in [0.2, 0.25) is 5.91 Å². The second-order valence-electron chi connectivity index (χ2n) is 5.62. The highest BCUT2D eigenvalue weighted by Crippen LogP contribution is 2.59. The van der Waals surface area contributed by atoms with E-state index in [-0.39, 0.29) is 24.4 Å². The van der Waals surface area contributed by atoms with Crippen molar-refractivity contribution in [3.05, 3.63) is 0 Å². The lowest BCUT2D eigenvalue weighted by Crippen LogP contribution is -2.40. The molecule has 1 amide bonds. The first-order valence-corrected chi connectivity index (χ1v) is 6.57. The Morgan fingerprint density at radius 1 is 1.50 bits per heavy atom. The van der Waals surface area contributed by atoms with Gasteiger partial charge in [-0.05, 0) is 44.7 Å². The molecular weight excluding hydrogens is 252 g/mol. The number of methoxy groups -OCH3 is 1. The predicted molar refractivity (Wildman–Crippen MR) is 74.0 cm³/mol. The number of likely N-dealkylation sites (N-methyl/N-ethyl adjacent to an activating group) is 1. The number of carbonyl (C=O) groups excluding carboxylic acids is 1. The first-order valence-electron chi connectivity index (χ1n) is 6.57. The molecule has 106 valence electrons. The molecule has 1 heterocycles. The monoisotopic (exact) mass is 276 g/mol. The molecule has 0 bridgehead atoms. The largest absolute Gasteiger partial charge is 0.383 e. The number of hydrogen-bond acceptors (Lipinski definition) is 3. The highest BCUT2D eigenvalue weighted by Gasteiger charge is 2.58. The number of halogens is 1. The SMILES string of the molecule is COCC(C)N(C)C(=O)C1CC12CCNCC2.Cl. The zero-order chi connectivity index (χ0) is 12.5. The zero-order valence-electron chi connectivity index (χ0n) is 11.6. The molecule has 18 heavy (non-hydrogen) atoms. The molecule has 0 aromatic heterocycles. The van der Waals surface area contributed by atoms with Crippen LogP contribution in [0.25, 0.3) is 0 Å². The molecule has 4 nitrogen and oxygen atoms in total. The molecule has 1 saturated heterocycles. The van der Waals surface area contributed by atoms with Crippen molar-refractivity contribution in [1.29, 1.82) is 0 Å². The van der Waals surface area contributed by atoms with Crippen molar-refractivity contribution in [3.8, 4) is 0 Å². The van der Waals surface area contributed by atoms with Gasteiger partial charge in [0.05, 0.1) is 12.6 Å². The third-order valence-electron chi connectivity index (χ3n) is 4.50. The van der Waals surface area contributed by atoms with Crippen LogP contribution in [0.15, 0.2) is 0 Å². The fraction of sp³-hybridized carbons (Fsp3) is 0.923. The molecule has 2 aliphatic rings. The van der Waals surface area contributed by atoms with Crippen LogP contribution in [0.1, 0.15) is 26.2 Å². The third kappa shape index (κ3) is 2.98. The van der Waals surface area contributed by atoms with Crippen LogP contribution in [-0.2, 0) is 9.53 Å². The van der Waals surface area contributed by atoms with Crippen LogP contribution in [-0.4, -0.2) is 50.7 Å². The lowest BCUT2D eigenvalue weighted by atomic mass is 9.91. The van der Waals surface area contributed by atoms with Crippen molar-refractivity contribution in [3.63, 3.8) is 0 Å². The van der Waals surface area contributed by atoms with E-state index in [1.807, 2.05) is 18.9 Å². The van der Waals surface area contributed by atoms with Gasteiger partial charge in [-0.15, -0.1) is 12.4 Å². The molecule has 1 N–H and O–H groups in total. The minimum Gasteiger partial charge on any atom is -0.383 e. The van der Waals surface area contributed by atoms with Crippen molar-refractivity contribution < 1.29 is 9.53 Å². The van der Waals surface area contributed by atoms with Crippen LogP contribution in [0.4, 0.5) is 0 Å². The van der Waals surface area contributed by atoms with Crippen LogP contribution < -0.4 is 5.32 Å². The van der Waals surface area contributed by atoms with Crippen LogP contribution >= 0.6 is 12.4 Å². The van der Waals surface area contributed by atoms with E-state index < -0.39 is 0 Å². The fourth-order valence-electron chi connectivity index (χ4n) is 2.99. The topological polar surface area (TPSA) is 41.6 Å². The molecule has 1 aliphatic heterocycles. The van der Waals surface area contributed by atoms with E-state index in [1.54, 1.807) is 7.11 Å². The highest BCUT2D eigenvalue weighted by molar-refractivity contribution is 5.85. The van der Waals surface area contributed by atoms with Crippen molar-refractivity contribution in [2.75, 3.05) is 33.9 Å². The minimum atomic E-state index is 0. The van der Waals surface area contributed by atoms with Gasteiger partial charge in [0.25, 0.3) is 0 Å². The molecule has 0 aromatic carbocycles. The van der Waals surface area contributed by atoms with Crippen LogP contribution in [0.5, 0.6) is 0 Å². The quantitative estimate of drug-likeness (QED) is 0.841. The molecule has 2 fully saturated rings. The van der Waals surface area contributed by atoms with Crippen molar-refractivity contribution >= 4 is 18.3 Å². The van der Waals surface area contributed by atoms with E-state index in [0.29, 0.717) is 17.9 Å². The standard InChI is InChI=1S/C13H24N2O2.ClH/c1-10(9-17-3)15(2)12(16)11-8-13(11)4-6-14-7-5-13;/h10-11,14H,4-9H2,1-3H3;1H. The summed E-state index contributed by atoms with van der Waals surface area (Å²) in [6.07, 6.45) is 3.42. The molecular formula is C13H25ClN2O2. The smallest absolute Gasteiger partial charge is 0.226 e. The number of piperidine rings is 1. The third-order valence-corrected chi connectivity index (χ3v) is 4.50. The summed E-state index contributed by atoms with van der Waals surface area (Å²) >= 11 is 0. The van der Waals surface area contributed by atoms with E-state index in [0.717, 1.165) is 32.4 Å². The molecule has 1 spiro atoms. The number of nitrogens with zero attached hydrogens (tertiary/aromatic N) is 1. The van der Waals surface area contributed by atoms with Crippen molar-refractivity contribution in [2.45, 2.75) is 32.2 Å². The van der Waals surface area contributed by atoms with E-state index in [2.05, 4.69) is 5.32 Å². The Hall–Kier alpha value is -0.320. The average molecular weight is 277 g/mol. The van der Waals surface area contributed by atoms with E-state index in [1.165, 1.54) is 0 Å². The van der Waals surface area contributed by atoms with E-state index in [9.17, 15) is 4.79 Å². The maximum atomic E-state index is 12.3. The summed E-state index contributed by atoms with van der Waals surface area (Å²) in [6.45, 7) is 4.80. The number of rotatable bonds is 4. The van der Waals surface area contributed by atoms with Crippen molar-refractivity contribution in [2.24, 2.45) is 11.3 Å². The van der Waals surface area contributed by atoms with Gasteiger partial charge in [-0.3, -0.25) is 4.79 Å². The Kier molecular flexibility index (Phi) is 5.44. The second-order valence-corrected chi connectivity index (χ2v) is 5.62. The molecule has 0 aromatic rings. The van der Waals surface area contributed by atoms with Crippen LogP contribution in [0.2, 0.25) is 0 Å². The molecule has 0 radical (unpaired) electrons. The summed E-state index contributed by atoms with van der Waals surface area (Å²) in [5, 5.41) is 3.37. The number of amides is 1. The van der Waals surface area contributed by atoms with Gasteiger partial charge in [0.1, 0.15) is 0 Å². The Labute approximate surface area is 116 Å². The van der Waals surface area contributed by atoms with Gasteiger partial charge in [-0.1, -0.05) is 0 Å². The molecule has 1 saturated carbocycles. The number of ether oxygens (including phenoxy) is 1. The number of nitrogens with one attached hydrogen (secondary N) is 1. The summed E-state index contributed by atoms with van der Waals surface area (Å²) in [5.41, 5.74) is 0.337. The highest BCUT2D eigenvalue weighted by atomic mass is 35.5. The molecule has 2 rings (SSSR count). The summed E-state index contributed by atoms with van der Waals surface area (Å²) in [4.78, 5) is 14.2. The maximum Gasteiger partial charge on any atom is 0.226 e. The summed E-state index contributed by atoms with van der Waals surface area (Å²) < 4.78 is 5.11. The van der Waals surface area contributed by atoms with Crippen molar-refractivity contribution in [1.82, 2.24) is 10.2 Å². The second kappa shape index (κ2) is 6.22. The lowest BCUT2D eigenvalue weighted by Gasteiger charge is -2.28. The zero-order valence-corrected chi connectivity index (χ0v) is 12.4. The Balaban J connectivity index is 0.00000162. The van der Waals surface area contributed by atoms with E-state index >= 15 is 0 Å². The van der Waals surface area contributed by atoms with Gasteiger partial charge in [0.15, 0.2) is 0 Å². The van der Waals surface area contributed by atoms with Crippen LogP contribution in [0.3, 0.4) is 0 Å². The first-order chi connectivity index (χ1) is 8.10. The molecule has 2 unspecified atom stereocenters. The first kappa shape index (κ1) is 15.7. The predicted octanol–water partition coefficient (Wildman–Crippen LogP) is 1.29. The normalized spacial score (nSPS) is 26.3. The average Bonchev–Trinajstić information content (AvgIpc) is 3.02. The van der Waals surface area contributed by atoms with Crippen LogP contribution in [0, 0.1) is 11.3 Å². The molecule has 1 aliphatic carbocycles. The fourth-order valence-corrected chi connectivity index (χ4v) is 2.99. The van der Waals surface area contributed by atoms with Gasteiger partial charge in [0, 0.05) is 20.1 Å². The maximum absolute atomic E-state index is 12.3. The molecule has 5 heteroatoms. The lowest BCUT2D eigenvalue weighted by molar-refractivity contribution is -0.135.